The summed E-state index contributed by atoms with van der Waals surface area (Å²) in [7, 11) is 0. The SMILES string of the molecule is O=C(/C=C/c1c(-c2ccc(F)cc2)nc2sccn12)c1ccncc1. The number of halogens is 1. The van der Waals surface area contributed by atoms with Crippen LogP contribution in [0.15, 0.2) is 66.4 Å². The maximum absolute atomic E-state index is 13.2. The molecule has 0 saturated heterocycles. The molecule has 3 heterocycles. The molecule has 0 fully saturated rings. The van der Waals surface area contributed by atoms with Crippen LogP contribution in [0.25, 0.3) is 22.3 Å². The molecule has 0 aliphatic carbocycles. The minimum absolute atomic E-state index is 0.113. The van der Waals surface area contributed by atoms with E-state index in [0.717, 1.165) is 16.2 Å². The predicted molar refractivity (Wildman–Crippen MR) is 96.1 cm³/mol. The lowest BCUT2D eigenvalue weighted by Crippen LogP contribution is -1.94. The number of nitrogens with zero attached hydrogens (tertiary/aromatic N) is 3. The first-order valence-electron chi connectivity index (χ1n) is 7.56. The molecule has 0 bridgehead atoms. The largest absolute Gasteiger partial charge is 0.290 e. The minimum atomic E-state index is -0.297. The van der Waals surface area contributed by atoms with Crippen LogP contribution in [0.5, 0.6) is 0 Å². The van der Waals surface area contributed by atoms with Crippen LogP contribution >= 0.6 is 11.3 Å². The van der Waals surface area contributed by atoms with Gasteiger partial charge in [-0.05, 0) is 48.6 Å². The normalized spacial score (nSPS) is 11.4. The predicted octanol–water partition coefficient (Wildman–Crippen LogP) is 4.49. The summed E-state index contributed by atoms with van der Waals surface area (Å²) in [5.74, 6) is -0.410. The summed E-state index contributed by atoms with van der Waals surface area (Å²) >= 11 is 1.50. The quantitative estimate of drug-likeness (QED) is 0.403. The van der Waals surface area contributed by atoms with Gasteiger partial charge >= 0.3 is 0 Å². The van der Waals surface area contributed by atoms with Crippen molar-refractivity contribution in [3.05, 3.63) is 83.5 Å². The van der Waals surface area contributed by atoms with Gasteiger partial charge in [0.25, 0.3) is 0 Å². The molecule has 0 radical (unpaired) electrons. The van der Waals surface area contributed by atoms with Crippen molar-refractivity contribution in [2.45, 2.75) is 0 Å². The van der Waals surface area contributed by atoms with E-state index in [2.05, 4.69) is 9.97 Å². The van der Waals surface area contributed by atoms with E-state index in [-0.39, 0.29) is 11.6 Å². The van der Waals surface area contributed by atoms with Crippen LogP contribution in [-0.2, 0) is 0 Å². The van der Waals surface area contributed by atoms with Crippen molar-refractivity contribution < 1.29 is 9.18 Å². The second kappa shape index (κ2) is 6.41. The van der Waals surface area contributed by atoms with Crippen molar-refractivity contribution in [3.63, 3.8) is 0 Å². The van der Waals surface area contributed by atoms with Crippen LogP contribution in [0, 0.1) is 5.82 Å². The van der Waals surface area contributed by atoms with Crippen LogP contribution < -0.4 is 0 Å². The number of fused-ring (bicyclic) bond motifs is 1. The Morgan fingerprint density at radius 3 is 2.64 bits per heavy atom. The molecule has 0 atom stereocenters. The van der Waals surface area contributed by atoms with Crippen LogP contribution in [0.4, 0.5) is 4.39 Å². The Bertz CT molecular complexity index is 1070. The summed E-state index contributed by atoms with van der Waals surface area (Å²) in [6.07, 6.45) is 8.33. The Kier molecular flexibility index (Phi) is 3.95. The van der Waals surface area contributed by atoms with Gasteiger partial charge in [0, 0.05) is 35.1 Å². The van der Waals surface area contributed by atoms with Crippen LogP contribution in [0.3, 0.4) is 0 Å². The maximum atomic E-state index is 13.2. The van der Waals surface area contributed by atoms with Crippen LogP contribution in [-0.4, -0.2) is 20.2 Å². The van der Waals surface area contributed by atoms with E-state index in [1.165, 1.54) is 29.5 Å². The fourth-order valence-electron chi connectivity index (χ4n) is 2.55. The smallest absolute Gasteiger partial charge is 0.194 e. The summed E-state index contributed by atoms with van der Waals surface area (Å²) in [4.78, 5) is 21.7. The molecular weight excluding hydrogens is 337 g/mol. The van der Waals surface area contributed by atoms with E-state index < -0.39 is 0 Å². The zero-order valence-electron chi connectivity index (χ0n) is 13.0. The summed E-state index contributed by atoms with van der Waals surface area (Å²) in [6.45, 7) is 0. The number of carbonyl (C=O) groups excluding carboxylic acids is 1. The van der Waals surface area contributed by atoms with Gasteiger partial charge in [0.15, 0.2) is 10.7 Å². The molecule has 122 valence electrons. The Morgan fingerprint density at radius 2 is 1.88 bits per heavy atom. The highest BCUT2D eigenvalue weighted by atomic mass is 32.1. The van der Waals surface area contributed by atoms with Crippen molar-refractivity contribution >= 4 is 28.2 Å². The molecule has 4 nitrogen and oxygen atoms in total. The number of hydrogen-bond acceptors (Lipinski definition) is 4. The van der Waals surface area contributed by atoms with E-state index in [1.807, 2.05) is 16.0 Å². The number of thiazole rings is 1. The number of imidazole rings is 1. The van der Waals surface area contributed by atoms with Crippen LogP contribution in [0.2, 0.25) is 0 Å². The summed E-state index contributed by atoms with van der Waals surface area (Å²) in [6, 6.07) is 9.51. The van der Waals surface area contributed by atoms with E-state index in [0.29, 0.717) is 11.3 Å². The lowest BCUT2D eigenvalue weighted by atomic mass is 10.1. The topological polar surface area (TPSA) is 47.3 Å². The number of benzene rings is 1. The molecule has 25 heavy (non-hydrogen) atoms. The zero-order valence-corrected chi connectivity index (χ0v) is 13.8. The Morgan fingerprint density at radius 1 is 1.12 bits per heavy atom. The second-order valence-electron chi connectivity index (χ2n) is 5.34. The monoisotopic (exact) mass is 349 g/mol. The van der Waals surface area contributed by atoms with E-state index in [4.69, 9.17) is 0 Å². The van der Waals surface area contributed by atoms with Gasteiger partial charge in [-0.15, -0.1) is 11.3 Å². The average Bonchev–Trinajstić information content (AvgIpc) is 3.23. The number of hydrogen-bond donors (Lipinski definition) is 0. The van der Waals surface area contributed by atoms with Gasteiger partial charge in [-0.25, -0.2) is 9.37 Å². The molecule has 0 amide bonds. The molecular formula is C19H12FN3OS. The third kappa shape index (κ3) is 2.99. The molecule has 4 aromatic rings. The minimum Gasteiger partial charge on any atom is -0.290 e. The molecule has 1 aromatic carbocycles. The first kappa shape index (κ1) is 15.4. The van der Waals surface area contributed by atoms with Gasteiger partial charge in [0.2, 0.25) is 0 Å². The van der Waals surface area contributed by atoms with Gasteiger partial charge in [-0.1, -0.05) is 0 Å². The van der Waals surface area contributed by atoms with Gasteiger partial charge in [0.05, 0.1) is 11.4 Å². The van der Waals surface area contributed by atoms with Gasteiger partial charge in [-0.2, -0.15) is 0 Å². The maximum Gasteiger partial charge on any atom is 0.194 e. The first-order valence-corrected chi connectivity index (χ1v) is 8.44. The van der Waals surface area contributed by atoms with Crippen LogP contribution in [0.1, 0.15) is 16.1 Å². The number of pyridine rings is 1. The van der Waals surface area contributed by atoms with E-state index in [1.54, 1.807) is 42.7 Å². The van der Waals surface area contributed by atoms with Crippen molar-refractivity contribution in [2.75, 3.05) is 0 Å². The van der Waals surface area contributed by atoms with Crippen molar-refractivity contribution in [1.29, 1.82) is 0 Å². The number of aromatic nitrogens is 3. The zero-order chi connectivity index (χ0) is 17.2. The third-order valence-corrected chi connectivity index (χ3v) is 4.53. The van der Waals surface area contributed by atoms with Gasteiger partial charge in [-0.3, -0.25) is 14.2 Å². The number of carbonyl (C=O) groups is 1. The number of ketones is 1. The van der Waals surface area contributed by atoms with Gasteiger partial charge < -0.3 is 0 Å². The molecule has 0 saturated carbocycles. The standard InChI is InChI=1S/C19H12FN3OS/c20-15-3-1-14(2-4-15)18-16(23-11-12-25-19(23)22-18)5-6-17(24)13-7-9-21-10-8-13/h1-12H/b6-5+. The van der Waals surface area contributed by atoms with Crippen molar-refractivity contribution in [3.8, 4) is 11.3 Å². The molecule has 0 aliphatic heterocycles. The molecule has 0 spiro atoms. The average molecular weight is 349 g/mol. The number of rotatable bonds is 4. The highest BCUT2D eigenvalue weighted by molar-refractivity contribution is 7.15. The molecule has 4 rings (SSSR count). The summed E-state index contributed by atoms with van der Waals surface area (Å²) in [5, 5.41) is 1.93. The van der Waals surface area contributed by atoms with Crippen molar-refractivity contribution in [2.24, 2.45) is 0 Å². The molecule has 0 N–H and O–H groups in total. The summed E-state index contributed by atoms with van der Waals surface area (Å²) in [5.41, 5.74) is 2.87. The lowest BCUT2D eigenvalue weighted by molar-refractivity contribution is 0.104. The highest BCUT2D eigenvalue weighted by Gasteiger charge is 2.13. The Labute approximate surface area is 146 Å². The lowest BCUT2D eigenvalue weighted by Gasteiger charge is -2.00. The Hall–Kier alpha value is -3.12. The number of allylic oxidation sites excluding steroid dienone is 1. The van der Waals surface area contributed by atoms with E-state index in [9.17, 15) is 9.18 Å². The van der Waals surface area contributed by atoms with Gasteiger partial charge in [0.1, 0.15) is 5.82 Å². The fraction of sp³-hybridized carbons (Fsp3) is 0. The van der Waals surface area contributed by atoms with Crippen molar-refractivity contribution in [1.82, 2.24) is 14.4 Å². The molecule has 3 aromatic heterocycles. The first-order chi connectivity index (χ1) is 12.2. The fourth-order valence-corrected chi connectivity index (χ4v) is 3.27. The Balaban J connectivity index is 1.76. The highest BCUT2D eigenvalue weighted by Crippen LogP contribution is 2.28. The molecule has 0 aliphatic rings. The summed E-state index contributed by atoms with van der Waals surface area (Å²) < 4.78 is 15.1. The second-order valence-corrected chi connectivity index (χ2v) is 6.21. The van der Waals surface area contributed by atoms with E-state index >= 15 is 0 Å². The third-order valence-electron chi connectivity index (χ3n) is 3.77. The molecule has 0 unspecified atom stereocenters. The molecule has 6 heteroatoms.